The number of methoxy groups -OCH3 is 1. The molecule has 1 aromatic heterocycles. The second kappa shape index (κ2) is 7.30. The quantitative estimate of drug-likeness (QED) is 0.675. The van der Waals surface area contributed by atoms with Crippen molar-refractivity contribution in [3.8, 4) is 11.5 Å². The lowest BCUT2D eigenvalue weighted by Gasteiger charge is -2.08. The van der Waals surface area contributed by atoms with Gasteiger partial charge in [0, 0.05) is 17.0 Å². The molecule has 25 heavy (non-hydrogen) atoms. The summed E-state index contributed by atoms with van der Waals surface area (Å²) in [6.07, 6.45) is 0. The van der Waals surface area contributed by atoms with Crippen LogP contribution >= 0.6 is 0 Å². The van der Waals surface area contributed by atoms with E-state index < -0.39 is 0 Å². The van der Waals surface area contributed by atoms with Crippen LogP contribution in [-0.4, -0.2) is 31.2 Å². The van der Waals surface area contributed by atoms with E-state index in [2.05, 4.69) is 30.2 Å². The van der Waals surface area contributed by atoms with Crippen molar-refractivity contribution in [2.45, 2.75) is 13.8 Å². The van der Waals surface area contributed by atoms with Crippen molar-refractivity contribution in [2.24, 2.45) is 0 Å². The van der Waals surface area contributed by atoms with E-state index >= 15 is 0 Å². The van der Waals surface area contributed by atoms with E-state index in [9.17, 15) is 4.79 Å². The van der Waals surface area contributed by atoms with Crippen molar-refractivity contribution in [1.29, 1.82) is 0 Å². The highest BCUT2D eigenvalue weighted by Crippen LogP contribution is 2.22. The molecule has 1 heterocycles. The van der Waals surface area contributed by atoms with Crippen LogP contribution in [-0.2, 0) is 0 Å². The summed E-state index contributed by atoms with van der Waals surface area (Å²) >= 11 is 0. The number of benzene rings is 2. The van der Waals surface area contributed by atoms with Crippen LogP contribution < -0.4 is 14.8 Å². The largest absolute Gasteiger partial charge is 0.497 e. The predicted octanol–water partition coefficient (Wildman–Crippen LogP) is 3.60. The minimum Gasteiger partial charge on any atom is -0.497 e. The van der Waals surface area contributed by atoms with Crippen LogP contribution in [0.25, 0.3) is 10.9 Å². The molecule has 2 N–H and O–H groups in total. The van der Waals surface area contributed by atoms with Crippen molar-refractivity contribution >= 4 is 16.8 Å². The topological polar surface area (TPSA) is 63.4 Å². The van der Waals surface area contributed by atoms with Crippen LogP contribution in [0.4, 0.5) is 0 Å². The third-order valence-corrected chi connectivity index (χ3v) is 4.29. The van der Waals surface area contributed by atoms with E-state index in [1.165, 1.54) is 11.1 Å². The number of amides is 1. The van der Waals surface area contributed by atoms with Crippen molar-refractivity contribution in [3.63, 3.8) is 0 Å². The van der Waals surface area contributed by atoms with Crippen LogP contribution in [0.1, 0.15) is 21.6 Å². The maximum absolute atomic E-state index is 12.3. The maximum Gasteiger partial charge on any atom is 0.267 e. The number of aryl methyl sites for hydroxylation is 2. The lowest BCUT2D eigenvalue weighted by molar-refractivity contribution is 0.0943. The number of hydrogen-bond donors (Lipinski definition) is 2. The molecular formula is C20H22N2O3. The first-order chi connectivity index (χ1) is 12.1. The van der Waals surface area contributed by atoms with Crippen LogP contribution in [0.2, 0.25) is 0 Å². The highest BCUT2D eigenvalue weighted by molar-refractivity contribution is 5.99. The Labute approximate surface area is 147 Å². The summed E-state index contributed by atoms with van der Waals surface area (Å²) in [6, 6.07) is 13.3. The Morgan fingerprint density at radius 2 is 1.92 bits per heavy atom. The van der Waals surface area contributed by atoms with Gasteiger partial charge in [0.25, 0.3) is 5.91 Å². The fourth-order valence-corrected chi connectivity index (χ4v) is 2.70. The van der Waals surface area contributed by atoms with Gasteiger partial charge in [-0.05, 0) is 49.2 Å². The highest BCUT2D eigenvalue weighted by Gasteiger charge is 2.11. The van der Waals surface area contributed by atoms with E-state index in [1.807, 2.05) is 36.4 Å². The molecule has 0 radical (unpaired) electrons. The van der Waals surface area contributed by atoms with Crippen molar-refractivity contribution in [2.75, 3.05) is 20.3 Å². The minimum atomic E-state index is -0.137. The van der Waals surface area contributed by atoms with Gasteiger partial charge in [0.2, 0.25) is 0 Å². The van der Waals surface area contributed by atoms with Gasteiger partial charge >= 0.3 is 0 Å². The SMILES string of the molecule is COc1cccc(OCCNC(=O)c2cc3c(C)c(C)ccc3[nH]2)c1. The van der Waals surface area contributed by atoms with Gasteiger partial charge in [-0.25, -0.2) is 0 Å². The predicted molar refractivity (Wildman–Crippen MR) is 98.6 cm³/mol. The zero-order chi connectivity index (χ0) is 17.8. The van der Waals surface area contributed by atoms with Gasteiger partial charge in [-0.2, -0.15) is 0 Å². The van der Waals surface area contributed by atoms with Crippen molar-refractivity contribution in [3.05, 3.63) is 59.3 Å². The van der Waals surface area contributed by atoms with Gasteiger partial charge in [0.05, 0.1) is 13.7 Å². The Hall–Kier alpha value is -2.95. The summed E-state index contributed by atoms with van der Waals surface area (Å²) in [6.45, 7) is 4.94. The van der Waals surface area contributed by atoms with E-state index in [4.69, 9.17) is 9.47 Å². The van der Waals surface area contributed by atoms with Crippen LogP contribution in [0.3, 0.4) is 0 Å². The van der Waals surface area contributed by atoms with Gasteiger partial charge in [0.15, 0.2) is 0 Å². The summed E-state index contributed by atoms with van der Waals surface area (Å²) in [7, 11) is 1.61. The highest BCUT2D eigenvalue weighted by atomic mass is 16.5. The Morgan fingerprint density at radius 3 is 2.72 bits per heavy atom. The van der Waals surface area contributed by atoms with E-state index in [1.54, 1.807) is 7.11 Å². The number of hydrogen-bond acceptors (Lipinski definition) is 3. The molecular weight excluding hydrogens is 316 g/mol. The fourth-order valence-electron chi connectivity index (χ4n) is 2.70. The maximum atomic E-state index is 12.3. The summed E-state index contributed by atoms with van der Waals surface area (Å²) in [4.78, 5) is 15.5. The average molecular weight is 338 g/mol. The molecule has 1 amide bonds. The lowest BCUT2D eigenvalue weighted by atomic mass is 10.1. The monoisotopic (exact) mass is 338 g/mol. The molecule has 0 spiro atoms. The van der Waals surface area contributed by atoms with Crippen LogP contribution in [0.15, 0.2) is 42.5 Å². The molecule has 0 saturated heterocycles. The first-order valence-corrected chi connectivity index (χ1v) is 8.22. The molecule has 0 bridgehead atoms. The lowest BCUT2D eigenvalue weighted by Crippen LogP contribution is -2.28. The molecule has 3 aromatic rings. The zero-order valence-corrected chi connectivity index (χ0v) is 14.7. The number of H-pyrrole nitrogens is 1. The fraction of sp³-hybridized carbons (Fsp3) is 0.250. The van der Waals surface area contributed by atoms with E-state index in [-0.39, 0.29) is 5.91 Å². The molecule has 0 unspecified atom stereocenters. The number of rotatable bonds is 6. The second-order valence-corrected chi connectivity index (χ2v) is 5.94. The summed E-state index contributed by atoms with van der Waals surface area (Å²) in [5, 5.41) is 3.95. The number of nitrogens with one attached hydrogen (secondary N) is 2. The van der Waals surface area contributed by atoms with E-state index in [0.717, 1.165) is 16.7 Å². The summed E-state index contributed by atoms with van der Waals surface area (Å²) in [5.74, 6) is 1.32. The van der Waals surface area contributed by atoms with Crippen LogP contribution in [0, 0.1) is 13.8 Å². The zero-order valence-electron chi connectivity index (χ0n) is 14.7. The molecule has 0 saturated carbocycles. The number of fused-ring (bicyclic) bond motifs is 1. The number of carbonyl (C=O) groups is 1. The Bertz CT molecular complexity index is 899. The normalized spacial score (nSPS) is 10.7. The number of aromatic nitrogens is 1. The molecule has 0 aliphatic heterocycles. The first-order valence-electron chi connectivity index (χ1n) is 8.22. The smallest absolute Gasteiger partial charge is 0.267 e. The van der Waals surface area contributed by atoms with Gasteiger partial charge in [0.1, 0.15) is 23.8 Å². The molecule has 130 valence electrons. The third-order valence-electron chi connectivity index (χ3n) is 4.29. The average Bonchev–Trinajstić information content (AvgIpc) is 3.07. The Kier molecular flexibility index (Phi) is 4.93. The second-order valence-electron chi connectivity index (χ2n) is 5.94. The van der Waals surface area contributed by atoms with Crippen molar-refractivity contribution in [1.82, 2.24) is 10.3 Å². The Morgan fingerprint density at radius 1 is 1.12 bits per heavy atom. The molecule has 0 fully saturated rings. The molecule has 2 aromatic carbocycles. The number of ether oxygens (including phenoxy) is 2. The molecule has 0 aliphatic rings. The third kappa shape index (κ3) is 3.76. The first kappa shape index (κ1) is 16.9. The van der Waals surface area contributed by atoms with Gasteiger partial charge in [-0.1, -0.05) is 12.1 Å². The molecule has 0 aliphatic carbocycles. The standard InChI is InChI=1S/C20H22N2O3/c1-13-7-8-18-17(14(13)2)12-19(22-18)20(23)21-9-10-25-16-6-4-5-15(11-16)24-3/h4-8,11-12,22H,9-10H2,1-3H3,(H,21,23). The summed E-state index contributed by atoms with van der Waals surface area (Å²) in [5.41, 5.74) is 3.94. The molecule has 0 atom stereocenters. The number of carbonyl (C=O) groups excluding carboxylic acids is 1. The van der Waals surface area contributed by atoms with Crippen LogP contribution in [0.5, 0.6) is 11.5 Å². The molecule has 5 nitrogen and oxygen atoms in total. The van der Waals surface area contributed by atoms with Gasteiger partial charge < -0.3 is 19.8 Å². The summed E-state index contributed by atoms with van der Waals surface area (Å²) < 4.78 is 10.8. The van der Waals surface area contributed by atoms with Gasteiger partial charge in [-0.15, -0.1) is 0 Å². The Balaban J connectivity index is 1.56. The molecule has 5 heteroatoms. The molecule has 3 rings (SSSR count). The van der Waals surface area contributed by atoms with Crippen molar-refractivity contribution < 1.29 is 14.3 Å². The number of aromatic amines is 1. The van der Waals surface area contributed by atoms with E-state index in [0.29, 0.717) is 24.6 Å². The van der Waals surface area contributed by atoms with Gasteiger partial charge in [-0.3, -0.25) is 4.79 Å². The minimum absolute atomic E-state index is 0.137.